The van der Waals surface area contributed by atoms with Crippen LogP contribution in [0.2, 0.25) is 5.02 Å². The lowest BCUT2D eigenvalue weighted by atomic mass is 9.78. The maximum Gasteiger partial charge on any atom is 0.223 e. The molecule has 1 aliphatic rings. The minimum atomic E-state index is 0.277. The molecule has 2 aromatic heterocycles. The van der Waals surface area contributed by atoms with Crippen LogP contribution in [0.25, 0.3) is 11.3 Å². The second-order valence-corrected chi connectivity index (χ2v) is 7.65. The molecule has 1 atom stereocenters. The Bertz CT molecular complexity index is 1120. The fraction of sp³-hybridized carbons (Fsp3) is 0.174. The zero-order chi connectivity index (χ0) is 19.6. The van der Waals surface area contributed by atoms with Crippen LogP contribution in [0, 0.1) is 0 Å². The van der Waals surface area contributed by atoms with Gasteiger partial charge in [-0.15, -0.1) is 0 Å². The number of nitrogens with one attached hydrogen (secondary N) is 2. The number of aromatic amines is 1. The summed E-state index contributed by atoms with van der Waals surface area (Å²) in [5.74, 6) is 0.932. The summed E-state index contributed by atoms with van der Waals surface area (Å²) in [6, 6.07) is 16.7. The molecule has 0 spiro atoms. The minimum Gasteiger partial charge on any atom is -0.354 e. The Morgan fingerprint density at radius 3 is 2.76 bits per heavy atom. The van der Waals surface area contributed by atoms with E-state index >= 15 is 0 Å². The highest BCUT2D eigenvalue weighted by molar-refractivity contribution is 6.30. The van der Waals surface area contributed by atoms with Crippen molar-refractivity contribution in [2.75, 3.05) is 11.9 Å². The van der Waals surface area contributed by atoms with Crippen molar-refractivity contribution in [1.82, 2.24) is 19.9 Å². The molecule has 0 saturated carbocycles. The summed E-state index contributed by atoms with van der Waals surface area (Å²) >= 11 is 6.09. The van der Waals surface area contributed by atoms with Crippen LogP contribution >= 0.6 is 11.6 Å². The summed E-state index contributed by atoms with van der Waals surface area (Å²) in [6.07, 6.45) is 7.21. The molecule has 1 unspecified atom stereocenters. The third kappa shape index (κ3) is 3.61. The van der Waals surface area contributed by atoms with Gasteiger partial charge in [0.05, 0.1) is 12.0 Å². The van der Waals surface area contributed by atoms with Crippen LogP contribution in [-0.2, 0) is 12.8 Å². The number of H-pyrrole nitrogens is 1. The van der Waals surface area contributed by atoms with E-state index in [1.807, 2.05) is 24.5 Å². The quantitative estimate of drug-likeness (QED) is 0.501. The zero-order valence-corrected chi connectivity index (χ0v) is 16.5. The van der Waals surface area contributed by atoms with E-state index in [4.69, 9.17) is 16.6 Å². The summed E-state index contributed by atoms with van der Waals surface area (Å²) in [5, 5.41) is 4.09. The van der Waals surface area contributed by atoms with E-state index in [1.165, 1.54) is 22.3 Å². The van der Waals surface area contributed by atoms with Crippen molar-refractivity contribution in [2.45, 2.75) is 18.8 Å². The number of hydrogen-bond donors (Lipinski definition) is 2. The third-order valence-corrected chi connectivity index (χ3v) is 5.64. The zero-order valence-electron chi connectivity index (χ0n) is 15.8. The number of imidazole rings is 1. The van der Waals surface area contributed by atoms with Crippen LogP contribution in [0.5, 0.6) is 0 Å². The molecule has 0 radical (unpaired) electrons. The molecule has 0 fully saturated rings. The van der Waals surface area contributed by atoms with E-state index < -0.39 is 0 Å². The van der Waals surface area contributed by atoms with E-state index in [0.717, 1.165) is 35.8 Å². The van der Waals surface area contributed by atoms with Gasteiger partial charge in [-0.05, 0) is 35.2 Å². The Labute approximate surface area is 174 Å². The molecule has 0 saturated heterocycles. The predicted octanol–water partition coefficient (Wildman–Crippen LogP) is 4.86. The maximum absolute atomic E-state index is 6.09. The Balaban J connectivity index is 1.43. The Kier molecular flexibility index (Phi) is 4.74. The van der Waals surface area contributed by atoms with Gasteiger partial charge in [0.15, 0.2) is 0 Å². The Morgan fingerprint density at radius 2 is 1.93 bits per heavy atom. The lowest BCUT2D eigenvalue weighted by Gasteiger charge is -2.27. The van der Waals surface area contributed by atoms with Crippen molar-refractivity contribution in [2.24, 2.45) is 0 Å². The fourth-order valence-electron chi connectivity index (χ4n) is 3.94. The second-order valence-electron chi connectivity index (χ2n) is 7.22. The normalized spacial score (nSPS) is 14.9. The molecule has 4 aromatic rings. The van der Waals surface area contributed by atoms with E-state index in [2.05, 4.69) is 56.7 Å². The summed E-state index contributed by atoms with van der Waals surface area (Å²) in [7, 11) is 0. The molecule has 1 aliphatic carbocycles. The van der Waals surface area contributed by atoms with Gasteiger partial charge in [-0.2, -0.15) is 0 Å². The molecular formula is C23H20ClN5. The number of benzene rings is 2. The van der Waals surface area contributed by atoms with Gasteiger partial charge in [-0.3, -0.25) is 0 Å². The van der Waals surface area contributed by atoms with Crippen LogP contribution in [0.1, 0.15) is 28.3 Å². The molecule has 144 valence electrons. The van der Waals surface area contributed by atoms with E-state index in [1.54, 1.807) is 6.33 Å². The lowest BCUT2D eigenvalue weighted by molar-refractivity contribution is 0.781. The number of rotatable bonds is 5. The summed E-state index contributed by atoms with van der Waals surface area (Å²) < 4.78 is 0. The van der Waals surface area contributed by atoms with Gasteiger partial charge in [0.1, 0.15) is 0 Å². The number of fused-ring (bicyclic) bond motifs is 3. The Hall–Kier alpha value is -3.18. The average molecular weight is 402 g/mol. The van der Waals surface area contributed by atoms with Crippen molar-refractivity contribution >= 4 is 17.5 Å². The molecule has 6 heteroatoms. The highest BCUT2D eigenvalue weighted by Crippen LogP contribution is 2.41. The first kappa shape index (κ1) is 17.9. The molecule has 2 N–H and O–H groups in total. The summed E-state index contributed by atoms with van der Waals surface area (Å²) in [4.78, 5) is 16.6. The average Bonchev–Trinajstić information content (AvgIpc) is 3.27. The van der Waals surface area contributed by atoms with Crippen LogP contribution in [0.3, 0.4) is 0 Å². The topological polar surface area (TPSA) is 66.5 Å². The van der Waals surface area contributed by atoms with Crippen molar-refractivity contribution in [3.8, 4) is 11.3 Å². The van der Waals surface area contributed by atoms with Gasteiger partial charge in [0.25, 0.3) is 0 Å². The first-order valence-corrected chi connectivity index (χ1v) is 10.1. The SMILES string of the molecule is Clc1ccc(C2Cc3cnc(NCCc4cnc[nH]4)nc3-c3ccccc32)cc1. The smallest absolute Gasteiger partial charge is 0.223 e. The highest BCUT2D eigenvalue weighted by Gasteiger charge is 2.27. The molecule has 0 bridgehead atoms. The number of nitrogens with zero attached hydrogens (tertiary/aromatic N) is 3. The van der Waals surface area contributed by atoms with Crippen LogP contribution in [0.15, 0.2) is 67.3 Å². The van der Waals surface area contributed by atoms with E-state index in [0.29, 0.717) is 5.95 Å². The molecular weight excluding hydrogens is 382 g/mol. The van der Waals surface area contributed by atoms with Crippen LogP contribution in [-0.4, -0.2) is 26.5 Å². The molecule has 0 aliphatic heterocycles. The summed E-state index contributed by atoms with van der Waals surface area (Å²) in [6.45, 7) is 0.746. The minimum absolute atomic E-state index is 0.277. The first-order valence-electron chi connectivity index (χ1n) is 9.70. The first-order chi connectivity index (χ1) is 14.3. The van der Waals surface area contributed by atoms with Crippen LogP contribution < -0.4 is 5.32 Å². The van der Waals surface area contributed by atoms with Crippen molar-refractivity contribution < 1.29 is 0 Å². The van der Waals surface area contributed by atoms with Gasteiger partial charge in [-0.1, -0.05) is 48.0 Å². The molecule has 5 nitrogen and oxygen atoms in total. The van der Waals surface area contributed by atoms with Gasteiger partial charge < -0.3 is 10.3 Å². The molecule has 5 rings (SSSR count). The predicted molar refractivity (Wildman–Crippen MR) is 115 cm³/mol. The lowest BCUT2D eigenvalue weighted by Crippen LogP contribution is -2.16. The number of hydrogen-bond acceptors (Lipinski definition) is 4. The Morgan fingerprint density at radius 1 is 1.07 bits per heavy atom. The second kappa shape index (κ2) is 7.68. The fourth-order valence-corrected chi connectivity index (χ4v) is 4.07. The summed E-state index contributed by atoms with van der Waals surface area (Å²) in [5.41, 5.74) is 7.01. The molecule has 0 amide bonds. The van der Waals surface area contributed by atoms with Crippen molar-refractivity contribution in [1.29, 1.82) is 0 Å². The molecule has 2 aromatic carbocycles. The number of anilines is 1. The van der Waals surface area contributed by atoms with E-state index in [-0.39, 0.29) is 5.92 Å². The third-order valence-electron chi connectivity index (χ3n) is 5.38. The van der Waals surface area contributed by atoms with Gasteiger partial charge in [-0.25, -0.2) is 15.0 Å². The van der Waals surface area contributed by atoms with Crippen molar-refractivity contribution in [3.05, 3.63) is 94.7 Å². The van der Waals surface area contributed by atoms with Crippen molar-refractivity contribution in [3.63, 3.8) is 0 Å². The largest absolute Gasteiger partial charge is 0.354 e. The maximum atomic E-state index is 6.09. The van der Waals surface area contributed by atoms with Gasteiger partial charge >= 0.3 is 0 Å². The molecule has 2 heterocycles. The monoisotopic (exact) mass is 401 g/mol. The van der Waals surface area contributed by atoms with Gasteiger partial charge in [0.2, 0.25) is 5.95 Å². The van der Waals surface area contributed by atoms with Crippen LogP contribution in [0.4, 0.5) is 5.95 Å². The molecule has 29 heavy (non-hydrogen) atoms. The number of halogens is 1. The highest BCUT2D eigenvalue weighted by atomic mass is 35.5. The number of aromatic nitrogens is 4. The van der Waals surface area contributed by atoms with Gasteiger partial charge in [0, 0.05) is 47.6 Å². The van der Waals surface area contributed by atoms with E-state index in [9.17, 15) is 0 Å². The standard InChI is InChI=1S/C23H20ClN5/c24-17-7-5-15(6-8-17)21-11-16-12-27-23(26-10-9-18-13-25-14-28-18)29-22(16)20-4-2-1-3-19(20)21/h1-8,12-14,21H,9-11H2,(H,25,28)(H,26,27,29).